The molecule has 2 saturated carbocycles. The Balaban J connectivity index is 2.06. The minimum atomic E-state index is -0.415. The van der Waals surface area contributed by atoms with E-state index in [-0.39, 0.29) is 17.2 Å². The molecule has 2 fully saturated rings. The summed E-state index contributed by atoms with van der Waals surface area (Å²) in [5.41, 5.74) is 5.67. The van der Waals surface area contributed by atoms with Crippen LogP contribution in [0.1, 0.15) is 58.8 Å². The maximum absolute atomic E-state index is 12.3. The Morgan fingerprint density at radius 2 is 1.72 bits per heavy atom. The van der Waals surface area contributed by atoms with E-state index in [0.29, 0.717) is 4.99 Å². The number of rotatable bonds is 3. The molecule has 0 aromatic heterocycles. The first-order valence-electron chi connectivity index (χ1n) is 6.99. The molecule has 0 aliphatic heterocycles. The van der Waals surface area contributed by atoms with Crippen molar-refractivity contribution in [1.82, 2.24) is 5.32 Å². The van der Waals surface area contributed by atoms with Crippen LogP contribution in [0.5, 0.6) is 0 Å². The molecular weight excluding hydrogens is 244 g/mol. The monoisotopic (exact) mass is 268 g/mol. The van der Waals surface area contributed by atoms with Crippen molar-refractivity contribution < 1.29 is 4.79 Å². The Labute approximate surface area is 115 Å². The van der Waals surface area contributed by atoms with Crippen molar-refractivity contribution in [1.29, 1.82) is 0 Å². The second kappa shape index (κ2) is 4.80. The number of carbonyl (C=O) groups is 1. The van der Waals surface area contributed by atoms with Crippen LogP contribution >= 0.6 is 12.2 Å². The smallest absolute Gasteiger partial charge is 0.224 e. The maximum Gasteiger partial charge on any atom is 0.224 e. The SMILES string of the molecule is CC1(C)CC1C(=O)NC1(C(N)=S)CCCCCC1. The minimum absolute atomic E-state index is 0.145. The van der Waals surface area contributed by atoms with Gasteiger partial charge in [-0.3, -0.25) is 4.79 Å². The molecule has 0 saturated heterocycles. The molecule has 0 heterocycles. The summed E-state index contributed by atoms with van der Waals surface area (Å²) in [6.45, 7) is 4.27. The molecule has 2 aliphatic rings. The molecule has 2 aliphatic carbocycles. The summed E-state index contributed by atoms with van der Waals surface area (Å²) >= 11 is 5.23. The third kappa shape index (κ3) is 2.68. The lowest BCUT2D eigenvalue weighted by Gasteiger charge is -2.33. The van der Waals surface area contributed by atoms with Crippen LogP contribution in [0, 0.1) is 11.3 Å². The lowest BCUT2D eigenvalue weighted by Crippen LogP contribution is -2.57. The Hall–Kier alpha value is -0.640. The van der Waals surface area contributed by atoms with Crippen molar-refractivity contribution in [3.63, 3.8) is 0 Å². The highest BCUT2D eigenvalue weighted by Crippen LogP contribution is 2.52. The van der Waals surface area contributed by atoms with E-state index in [2.05, 4.69) is 19.2 Å². The molecule has 4 heteroatoms. The van der Waals surface area contributed by atoms with Crippen LogP contribution < -0.4 is 11.1 Å². The summed E-state index contributed by atoms with van der Waals surface area (Å²) in [5, 5.41) is 3.18. The molecule has 0 bridgehead atoms. The van der Waals surface area contributed by atoms with E-state index in [9.17, 15) is 4.79 Å². The summed E-state index contributed by atoms with van der Waals surface area (Å²) < 4.78 is 0. The summed E-state index contributed by atoms with van der Waals surface area (Å²) in [7, 11) is 0. The van der Waals surface area contributed by atoms with Gasteiger partial charge in [-0.2, -0.15) is 0 Å². The molecule has 0 spiro atoms. The molecular formula is C14H24N2OS. The van der Waals surface area contributed by atoms with Crippen molar-refractivity contribution >= 4 is 23.1 Å². The van der Waals surface area contributed by atoms with Crippen molar-refractivity contribution in [2.75, 3.05) is 0 Å². The van der Waals surface area contributed by atoms with Gasteiger partial charge in [-0.15, -0.1) is 0 Å². The molecule has 0 aromatic carbocycles. The number of thiocarbonyl (C=S) groups is 1. The second-order valence-electron chi connectivity index (χ2n) is 6.60. The number of hydrogen-bond donors (Lipinski definition) is 2. The summed E-state index contributed by atoms with van der Waals surface area (Å²) in [6, 6.07) is 0. The van der Waals surface area contributed by atoms with Crippen LogP contribution in [-0.2, 0) is 4.79 Å². The number of carbonyl (C=O) groups excluding carboxylic acids is 1. The number of nitrogens with one attached hydrogen (secondary N) is 1. The first-order valence-corrected chi connectivity index (χ1v) is 7.40. The van der Waals surface area contributed by atoms with E-state index in [1.807, 2.05) is 0 Å². The van der Waals surface area contributed by atoms with Gasteiger partial charge < -0.3 is 11.1 Å². The van der Waals surface area contributed by atoms with Crippen molar-refractivity contribution in [2.24, 2.45) is 17.1 Å². The molecule has 3 nitrogen and oxygen atoms in total. The molecule has 1 amide bonds. The normalized spacial score (nSPS) is 29.1. The average molecular weight is 268 g/mol. The van der Waals surface area contributed by atoms with E-state index < -0.39 is 5.54 Å². The van der Waals surface area contributed by atoms with Gasteiger partial charge in [0, 0.05) is 5.92 Å². The highest BCUT2D eigenvalue weighted by Gasteiger charge is 2.52. The Bertz CT molecular complexity index is 357. The second-order valence-corrected chi connectivity index (χ2v) is 7.03. The third-order valence-electron chi connectivity index (χ3n) is 4.62. The number of amides is 1. The fourth-order valence-corrected chi connectivity index (χ4v) is 3.26. The van der Waals surface area contributed by atoms with Gasteiger partial charge in [0.25, 0.3) is 0 Å². The highest BCUT2D eigenvalue weighted by molar-refractivity contribution is 7.80. The standard InChI is InChI=1S/C14H24N2OS/c1-13(2)9-10(13)11(17)16-14(12(15)18)7-5-3-4-6-8-14/h10H,3-9H2,1-2H3,(H2,15,18)(H,16,17). The third-order valence-corrected chi connectivity index (χ3v) is 5.01. The number of hydrogen-bond acceptors (Lipinski definition) is 2. The zero-order chi connectivity index (χ0) is 13.4. The fraction of sp³-hybridized carbons (Fsp3) is 0.857. The van der Waals surface area contributed by atoms with Gasteiger partial charge in [0.2, 0.25) is 5.91 Å². The van der Waals surface area contributed by atoms with Crippen LogP contribution in [0.15, 0.2) is 0 Å². The van der Waals surface area contributed by atoms with Crippen LogP contribution in [0.2, 0.25) is 0 Å². The van der Waals surface area contributed by atoms with E-state index >= 15 is 0 Å². The Kier molecular flexibility index (Phi) is 3.67. The van der Waals surface area contributed by atoms with E-state index in [1.165, 1.54) is 12.8 Å². The fourth-order valence-electron chi connectivity index (χ4n) is 3.00. The van der Waals surface area contributed by atoms with Gasteiger partial charge in [0.05, 0.1) is 10.5 Å². The van der Waals surface area contributed by atoms with E-state index in [1.54, 1.807) is 0 Å². The van der Waals surface area contributed by atoms with E-state index in [0.717, 1.165) is 32.1 Å². The molecule has 1 atom stereocenters. The molecule has 0 aromatic rings. The summed E-state index contributed by atoms with van der Waals surface area (Å²) in [4.78, 5) is 12.8. The first-order chi connectivity index (χ1) is 8.37. The lowest BCUT2D eigenvalue weighted by molar-refractivity contribution is -0.124. The van der Waals surface area contributed by atoms with Gasteiger partial charge in [-0.25, -0.2) is 0 Å². The van der Waals surface area contributed by atoms with Gasteiger partial charge >= 0.3 is 0 Å². The van der Waals surface area contributed by atoms with Crippen molar-refractivity contribution in [2.45, 2.75) is 64.3 Å². The van der Waals surface area contributed by atoms with E-state index in [4.69, 9.17) is 18.0 Å². The average Bonchev–Trinajstić information content (AvgIpc) is 2.97. The largest absolute Gasteiger partial charge is 0.391 e. The summed E-state index contributed by atoms with van der Waals surface area (Å²) in [5.74, 6) is 0.293. The highest BCUT2D eigenvalue weighted by atomic mass is 32.1. The predicted octanol–water partition coefficient (Wildman–Crippen LogP) is 2.53. The topological polar surface area (TPSA) is 55.1 Å². The zero-order valence-corrected chi connectivity index (χ0v) is 12.2. The van der Waals surface area contributed by atoms with Gasteiger partial charge in [-0.05, 0) is 24.7 Å². The predicted molar refractivity (Wildman–Crippen MR) is 77.2 cm³/mol. The zero-order valence-electron chi connectivity index (χ0n) is 11.4. The van der Waals surface area contributed by atoms with Gasteiger partial charge in [0.15, 0.2) is 0 Å². The molecule has 18 heavy (non-hydrogen) atoms. The molecule has 3 N–H and O–H groups in total. The molecule has 0 radical (unpaired) electrons. The molecule has 102 valence electrons. The van der Waals surface area contributed by atoms with Gasteiger partial charge in [-0.1, -0.05) is 51.7 Å². The van der Waals surface area contributed by atoms with Crippen molar-refractivity contribution in [3.05, 3.63) is 0 Å². The first kappa shape index (κ1) is 13.8. The Morgan fingerprint density at radius 1 is 1.22 bits per heavy atom. The lowest BCUT2D eigenvalue weighted by atomic mass is 9.89. The van der Waals surface area contributed by atoms with Crippen molar-refractivity contribution in [3.8, 4) is 0 Å². The minimum Gasteiger partial charge on any atom is -0.391 e. The maximum atomic E-state index is 12.3. The summed E-state index contributed by atoms with van der Waals surface area (Å²) in [6.07, 6.45) is 7.43. The Morgan fingerprint density at radius 3 is 2.11 bits per heavy atom. The van der Waals surface area contributed by atoms with Gasteiger partial charge in [0.1, 0.15) is 0 Å². The molecule has 1 unspecified atom stereocenters. The van der Waals surface area contributed by atoms with Crippen LogP contribution in [-0.4, -0.2) is 16.4 Å². The van der Waals surface area contributed by atoms with Crippen LogP contribution in [0.4, 0.5) is 0 Å². The number of nitrogens with two attached hydrogens (primary N) is 1. The molecule has 2 rings (SSSR count). The quantitative estimate of drug-likeness (QED) is 0.611. The van der Waals surface area contributed by atoms with Crippen LogP contribution in [0.3, 0.4) is 0 Å². The van der Waals surface area contributed by atoms with Crippen LogP contribution in [0.25, 0.3) is 0 Å².